The van der Waals surface area contributed by atoms with E-state index in [0.717, 1.165) is 5.69 Å². The number of amides is 1. The molecule has 128 valence electrons. The highest BCUT2D eigenvalue weighted by Crippen LogP contribution is 2.43. The van der Waals surface area contributed by atoms with Crippen molar-refractivity contribution >= 4 is 17.5 Å². The average Bonchev–Trinajstić information content (AvgIpc) is 2.42. The first-order valence-electron chi connectivity index (χ1n) is 7.62. The Morgan fingerprint density at radius 1 is 1.17 bits per heavy atom. The van der Waals surface area contributed by atoms with Gasteiger partial charge in [-0.15, -0.1) is 0 Å². The van der Waals surface area contributed by atoms with Crippen molar-refractivity contribution in [1.29, 1.82) is 0 Å². The highest BCUT2D eigenvalue weighted by molar-refractivity contribution is 5.96. The summed E-state index contributed by atoms with van der Waals surface area (Å²) in [6.45, 7) is 10.2. The van der Waals surface area contributed by atoms with E-state index in [-0.39, 0.29) is 6.09 Å². The molecule has 6 nitrogen and oxygen atoms in total. The normalized spacial score (nSPS) is 16.2. The summed E-state index contributed by atoms with van der Waals surface area (Å²) >= 11 is 0. The number of rotatable bonds is 2. The van der Waals surface area contributed by atoms with Gasteiger partial charge in [-0.2, -0.15) is 0 Å². The van der Waals surface area contributed by atoms with Crippen molar-refractivity contribution in [3.05, 3.63) is 12.1 Å². The molecule has 0 aliphatic carbocycles. The molecule has 0 fully saturated rings. The van der Waals surface area contributed by atoms with Gasteiger partial charge in [-0.05, 0) is 34.6 Å². The minimum absolute atomic E-state index is 0.377. The molecule has 0 radical (unpaired) electrons. The fourth-order valence-corrected chi connectivity index (χ4v) is 2.56. The molecule has 6 heteroatoms. The van der Waals surface area contributed by atoms with E-state index < -0.39 is 11.1 Å². The summed E-state index contributed by atoms with van der Waals surface area (Å²) < 4.78 is 16.3. The monoisotopic (exact) mass is 322 g/mol. The molecule has 1 heterocycles. The van der Waals surface area contributed by atoms with Crippen LogP contribution in [0.15, 0.2) is 12.1 Å². The van der Waals surface area contributed by atoms with Crippen LogP contribution in [-0.4, -0.2) is 38.0 Å². The van der Waals surface area contributed by atoms with Crippen LogP contribution in [0.3, 0.4) is 0 Å². The molecule has 0 atom stereocenters. The van der Waals surface area contributed by atoms with Gasteiger partial charge in [0.2, 0.25) is 0 Å². The highest BCUT2D eigenvalue weighted by atomic mass is 16.6. The van der Waals surface area contributed by atoms with Crippen molar-refractivity contribution in [2.45, 2.75) is 45.8 Å². The third-order valence-corrected chi connectivity index (χ3v) is 3.64. The first kappa shape index (κ1) is 17.2. The third kappa shape index (κ3) is 3.46. The number of anilines is 2. The summed E-state index contributed by atoms with van der Waals surface area (Å²) in [7, 11) is 3.16. The van der Waals surface area contributed by atoms with E-state index in [1.54, 1.807) is 25.2 Å². The van der Waals surface area contributed by atoms with E-state index in [2.05, 4.69) is 5.32 Å². The van der Waals surface area contributed by atoms with Gasteiger partial charge in [0.15, 0.2) is 11.5 Å². The molecule has 0 bridgehead atoms. The Morgan fingerprint density at radius 2 is 1.74 bits per heavy atom. The van der Waals surface area contributed by atoms with Gasteiger partial charge >= 0.3 is 6.09 Å². The van der Waals surface area contributed by atoms with Crippen LogP contribution in [0.4, 0.5) is 16.2 Å². The highest BCUT2D eigenvalue weighted by Gasteiger charge is 2.40. The van der Waals surface area contributed by atoms with Crippen LogP contribution >= 0.6 is 0 Å². The second kappa shape index (κ2) is 5.83. The number of carbonyl (C=O) groups is 1. The number of hydrogen-bond acceptors (Lipinski definition) is 5. The molecule has 1 amide bonds. The Morgan fingerprint density at radius 3 is 2.26 bits per heavy atom. The minimum Gasteiger partial charge on any atom is -0.493 e. The van der Waals surface area contributed by atoms with Crippen molar-refractivity contribution in [2.75, 3.05) is 31.0 Å². The van der Waals surface area contributed by atoms with Crippen LogP contribution in [0.1, 0.15) is 34.6 Å². The molecular weight excluding hydrogens is 296 g/mol. The van der Waals surface area contributed by atoms with Crippen LogP contribution in [0.2, 0.25) is 0 Å². The Bertz CT molecular complexity index is 605. The molecule has 0 saturated heterocycles. The molecule has 1 aromatic rings. The number of nitrogens with one attached hydrogen (secondary N) is 1. The fourth-order valence-electron chi connectivity index (χ4n) is 2.56. The van der Waals surface area contributed by atoms with E-state index in [0.29, 0.717) is 23.7 Å². The van der Waals surface area contributed by atoms with Gasteiger partial charge in [0.25, 0.3) is 0 Å². The van der Waals surface area contributed by atoms with Crippen molar-refractivity contribution < 1.29 is 19.0 Å². The molecule has 1 aromatic carbocycles. The lowest BCUT2D eigenvalue weighted by Crippen LogP contribution is -2.56. The summed E-state index contributed by atoms with van der Waals surface area (Å²) in [4.78, 5) is 14.4. The molecular formula is C17H26N2O4. The van der Waals surface area contributed by atoms with Gasteiger partial charge in [0.05, 0.1) is 31.1 Å². The second-order valence-electron chi connectivity index (χ2n) is 7.21. The Balaban J connectivity index is 2.52. The van der Waals surface area contributed by atoms with E-state index in [9.17, 15) is 4.79 Å². The van der Waals surface area contributed by atoms with Gasteiger partial charge in [0, 0.05) is 18.7 Å². The lowest BCUT2D eigenvalue weighted by atomic mass is 9.98. The first-order chi connectivity index (χ1) is 10.6. The molecule has 0 unspecified atom stereocenters. The van der Waals surface area contributed by atoms with Gasteiger partial charge in [-0.3, -0.25) is 4.90 Å². The Kier molecular flexibility index (Phi) is 4.37. The average molecular weight is 322 g/mol. The molecule has 1 aliphatic heterocycles. The number of ether oxygens (including phenoxy) is 3. The number of carbonyl (C=O) groups excluding carboxylic acids is 1. The Labute approximate surface area is 137 Å². The number of methoxy groups -OCH3 is 2. The quantitative estimate of drug-likeness (QED) is 0.900. The maximum absolute atomic E-state index is 12.8. The summed E-state index contributed by atoms with van der Waals surface area (Å²) in [6.07, 6.45) is -0.377. The number of benzene rings is 1. The van der Waals surface area contributed by atoms with Gasteiger partial charge < -0.3 is 19.5 Å². The van der Waals surface area contributed by atoms with E-state index in [4.69, 9.17) is 14.2 Å². The topological polar surface area (TPSA) is 60.0 Å². The molecule has 0 aromatic heterocycles. The van der Waals surface area contributed by atoms with Crippen LogP contribution in [0, 0.1) is 0 Å². The molecule has 1 aliphatic rings. The Hall–Kier alpha value is -2.11. The zero-order chi connectivity index (χ0) is 17.4. The van der Waals surface area contributed by atoms with Gasteiger partial charge in [-0.1, -0.05) is 0 Å². The zero-order valence-corrected chi connectivity index (χ0v) is 14.9. The summed E-state index contributed by atoms with van der Waals surface area (Å²) in [6, 6.07) is 3.63. The zero-order valence-electron chi connectivity index (χ0n) is 14.9. The SMILES string of the molecule is COc1cc2c(cc1OC)N(C(=O)OC(C)(C)C)C(C)(C)CN2. The summed E-state index contributed by atoms with van der Waals surface area (Å²) in [5.41, 5.74) is 0.532. The van der Waals surface area contributed by atoms with Crippen molar-refractivity contribution in [3.63, 3.8) is 0 Å². The standard InChI is InChI=1S/C17H26N2O4/c1-16(2,3)23-15(20)19-12-9-14(22-7)13(21-6)8-11(12)18-10-17(19,4)5/h8-9,18H,10H2,1-7H3. The van der Waals surface area contributed by atoms with Crippen LogP contribution in [-0.2, 0) is 4.74 Å². The molecule has 23 heavy (non-hydrogen) atoms. The lowest BCUT2D eigenvalue weighted by Gasteiger charge is -2.44. The number of hydrogen-bond donors (Lipinski definition) is 1. The molecule has 2 rings (SSSR count). The summed E-state index contributed by atoms with van der Waals surface area (Å²) in [5, 5.41) is 3.34. The van der Waals surface area contributed by atoms with Crippen LogP contribution < -0.4 is 19.7 Å². The van der Waals surface area contributed by atoms with Crippen molar-refractivity contribution in [1.82, 2.24) is 0 Å². The lowest BCUT2D eigenvalue weighted by molar-refractivity contribution is 0.0546. The van der Waals surface area contributed by atoms with Crippen molar-refractivity contribution in [3.8, 4) is 11.5 Å². The maximum Gasteiger partial charge on any atom is 0.415 e. The van der Waals surface area contributed by atoms with Crippen molar-refractivity contribution in [2.24, 2.45) is 0 Å². The molecule has 0 spiro atoms. The van der Waals surface area contributed by atoms with Crippen LogP contribution in [0.25, 0.3) is 0 Å². The smallest absolute Gasteiger partial charge is 0.415 e. The van der Waals surface area contributed by atoms with Crippen LogP contribution in [0.5, 0.6) is 11.5 Å². The third-order valence-electron chi connectivity index (χ3n) is 3.64. The molecule has 0 saturated carbocycles. The largest absolute Gasteiger partial charge is 0.493 e. The number of fused-ring (bicyclic) bond motifs is 1. The van der Waals surface area contributed by atoms with Gasteiger partial charge in [-0.25, -0.2) is 4.79 Å². The van der Waals surface area contributed by atoms with E-state index >= 15 is 0 Å². The maximum atomic E-state index is 12.8. The van der Waals surface area contributed by atoms with E-state index in [1.165, 1.54) is 0 Å². The minimum atomic E-state index is -0.561. The first-order valence-corrected chi connectivity index (χ1v) is 7.62. The molecule has 1 N–H and O–H groups in total. The number of nitrogens with zero attached hydrogens (tertiary/aromatic N) is 1. The predicted molar refractivity (Wildman–Crippen MR) is 90.8 cm³/mol. The fraction of sp³-hybridized carbons (Fsp3) is 0.588. The summed E-state index contributed by atoms with van der Waals surface area (Å²) in [5.74, 6) is 1.18. The van der Waals surface area contributed by atoms with Gasteiger partial charge in [0.1, 0.15) is 5.60 Å². The second-order valence-corrected chi connectivity index (χ2v) is 7.21. The predicted octanol–water partition coefficient (Wildman–Crippen LogP) is 3.65. The van der Waals surface area contributed by atoms with E-state index in [1.807, 2.05) is 40.7 Å².